The normalized spacial score (nSPS) is 11.6. The summed E-state index contributed by atoms with van der Waals surface area (Å²) in [5.41, 5.74) is -0.195. The first-order chi connectivity index (χ1) is 10.0. The number of benzene rings is 1. The number of carbonyl (C=O) groups excluding carboxylic acids is 2. The van der Waals surface area contributed by atoms with E-state index in [2.05, 4.69) is 0 Å². The average Bonchev–Trinajstić information content (AvgIpc) is 2.45. The summed E-state index contributed by atoms with van der Waals surface area (Å²) < 4.78 is 23.5. The molecule has 6 heteroatoms. The molecule has 0 saturated heterocycles. The minimum atomic E-state index is -1.28. The van der Waals surface area contributed by atoms with Crippen molar-refractivity contribution in [1.29, 1.82) is 5.41 Å². The molecule has 0 aromatic heterocycles. The maximum Gasteiger partial charge on any atom is 0.317 e. The Balaban J connectivity index is 3.00. The van der Waals surface area contributed by atoms with Gasteiger partial charge in [0.1, 0.15) is 11.7 Å². The van der Waals surface area contributed by atoms with Crippen LogP contribution in [0, 0.1) is 17.1 Å². The predicted molar refractivity (Wildman–Crippen MR) is 74.8 cm³/mol. The molecule has 1 unspecified atom stereocenters. The lowest BCUT2D eigenvalue weighted by atomic mass is 9.94. The molecule has 114 valence electrons. The standard InChI is InChI=1S/C15H18FNO4/c1-3-20-13(17)9-11(15(19)21-4-2)14(18)10-7-5-6-8-12(10)16/h5-8,11,17H,3-4,9H2,1-2H3. The second-order valence-electron chi connectivity index (χ2n) is 4.21. The van der Waals surface area contributed by atoms with E-state index in [4.69, 9.17) is 14.9 Å². The van der Waals surface area contributed by atoms with Gasteiger partial charge in [-0.2, -0.15) is 0 Å². The molecule has 0 radical (unpaired) electrons. The van der Waals surface area contributed by atoms with E-state index >= 15 is 0 Å². The Kier molecular flexibility index (Phi) is 6.52. The third-order valence-corrected chi connectivity index (χ3v) is 2.74. The number of hydrogen-bond donors (Lipinski definition) is 1. The molecular weight excluding hydrogens is 277 g/mol. The lowest BCUT2D eigenvalue weighted by Gasteiger charge is -2.15. The maximum absolute atomic E-state index is 13.7. The summed E-state index contributed by atoms with van der Waals surface area (Å²) in [6.45, 7) is 3.65. The lowest BCUT2D eigenvalue weighted by Crippen LogP contribution is -2.29. The van der Waals surface area contributed by atoms with Crippen molar-refractivity contribution < 1.29 is 23.5 Å². The van der Waals surface area contributed by atoms with Crippen LogP contribution in [0.2, 0.25) is 0 Å². The minimum Gasteiger partial charge on any atom is -0.481 e. The maximum atomic E-state index is 13.7. The number of nitrogens with one attached hydrogen (secondary N) is 1. The van der Waals surface area contributed by atoms with E-state index < -0.39 is 23.5 Å². The monoisotopic (exact) mass is 295 g/mol. The smallest absolute Gasteiger partial charge is 0.317 e. The molecule has 0 fully saturated rings. The van der Waals surface area contributed by atoms with Gasteiger partial charge in [0.05, 0.1) is 18.8 Å². The molecule has 0 amide bonds. The Morgan fingerprint density at radius 3 is 2.38 bits per heavy atom. The second-order valence-corrected chi connectivity index (χ2v) is 4.21. The Bertz CT molecular complexity index is 530. The van der Waals surface area contributed by atoms with Gasteiger partial charge in [0.2, 0.25) is 0 Å². The fraction of sp³-hybridized carbons (Fsp3) is 0.400. The minimum absolute atomic E-state index is 0.0991. The summed E-state index contributed by atoms with van der Waals surface area (Å²) in [7, 11) is 0. The first-order valence-corrected chi connectivity index (χ1v) is 6.66. The fourth-order valence-electron chi connectivity index (χ4n) is 1.79. The molecule has 0 heterocycles. The molecule has 0 aliphatic rings. The van der Waals surface area contributed by atoms with Crippen molar-refractivity contribution in [2.75, 3.05) is 13.2 Å². The van der Waals surface area contributed by atoms with E-state index in [1.165, 1.54) is 18.2 Å². The Hall–Kier alpha value is -2.24. The van der Waals surface area contributed by atoms with Crippen LogP contribution >= 0.6 is 0 Å². The SMILES string of the molecule is CCOC(=N)CC(C(=O)OCC)C(=O)c1ccccc1F. The van der Waals surface area contributed by atoms with Gasteiger partial charge in [-0.3, -0.25) is 15.0 Å². The number of ketones is 1. The third kappa shape index (κ3) is 4.66. The average molecular weight is 295 g/mol. The highest BCUT2D eigenvalue weighted by atomic mass is 19.1. The molecule has 0 aliphatic carbocycles. The Morgan fingerprint density at radius 1 is 1.19 bits per heavy atom. The molecule has 1 N–H and O–H groups in total. The first kappa shape index (κ1) is 16.8. The zero-order valence-electron chi connectivity index (χ0n) is 12.0. The van der Waals surface area contributed by atoms with Gasteiger partial charge < -0.3 is 9.47 Å². The molecule has 0 spiro atoms. The Labute approximate surface area is 122 Å². The van der Waals surface area contributed by atoms with Crippen LogP contribution in [0.5, 0.6) is 0 Å². The molecule has 21 heavy (non-hydrogen) atoms. The zero-order chi connectivity index (χ0) is 15.8. The van der Waals surface area contributed by atoms with Crippen LogP contribution < -0.4 is 0 Å². The number of carbonyl (C=O) groups is 2. The van der Waals surface area contributed by atoms with E-state index in [-0.39, 0.29) is 31.1 Å². The molecule has 1 aromatic rings. The van der Waals surface area contributed by atoms with Crippen molar-refractivity contribution in [1.82, 2.24) is 0 Å². The summed E-state index contributed by atoms with van der Waals surface area (Å²) in [4.78, 5) is 24.2. The molecule has 5 nitrogen and oxygen atoms in total. The number of halogens is 1. The van der Waals surface area contributed by atoms with Gasteiger partial charge in [0, 0.05) is 6.42 Å². The number of esters is 1. The molecular formula is C15H18FNO4. The van der Waals surface area contributed by atoms with Crippen LogP contribution in [0.15, 0.2) is 24.3 Å². The van der Waals surface area contributed by atoms with Gasteiger partial charge >= 0.3 is 5.97 Å². The fourth-order valence-corrected chi connectivity index (χ4v) is 1.79. The largest absolute Gasteiger partial charge is 0.481 e. The highest BCUT2D eigenvalue weighted by Crippen LogP contribution is 2.18. The Morgan fingerprint density at radius 2 is 1.81 bits per heavy atom. The van der Waals surface area contributed by atoms with Crippen LogP contribution in [0.1, 0.15) is 30.6 Å². The quantitative estimate of drug-likeness (QED) is 0.276. The molecule has 1 aromatic carbocycles. The molecule has 1 atom stereocenters. The molecule has 1 rings (SSSR count). The van der Waals surface area contributed by atoms with E-state index in [9.17, 15) is 14.0 Å². The van der Waals surface area contributed by atoms with Gasteiger partial charge in [0.25, 0.3) is 0 Å². The summed E-state index contributed by atoms with van der Waals surface area (Å²) in [5.74, 6) is -3.69. The molecule has 0 saturated carbocycles. The number of rotatable bonds is 7. The summed E-state index contributed by atoms with van der Waals surface area (Å²) >= 11 is 0. The van der Waals surface area contributed by atoms with Gasteiger partial charge in [0.15, 0.2) is 11.7 Å². The van der Waals surface area contributed by atoms with Crippen molar-refractivity contribution in [3.05, 3.63) is 35.6 Å². The van der Waals surface area contributed by atoms with Gasteiger partial charge in [-0.1, -0.05) is 12.1 Å². The van der Waals surface area contributed by atoms with Crippen LogP contribution in [0.25, 0.3) is 0 Å². The van der Waals surface area contributed by atoms with Crippen molar-refractivity contribution in [3.63, 3.8) is 0 Å². The first-order valence-electron chi connectivity index (χ1n) is 6.66. The van der Waals surface area contributed by atoms with Crippen molar-refractivity contribution in [3.8, 4) is 0 Å². The van der Waals surface area contributed by atoms with E-state index in [0.29, 0.717) is 0 Å². The molecule has 0 bridgehead atoms. The molecule has 0 aliphatic heterocycles. The lowest BCUT2D eigenvalue weighted by molar-refractivity contribution is -0.146. The third-order valence-electron chi connectivity index (χ3n) is 2.74. The van der Waals surface area contributed by atoms with E-state index in [1.54, 1.807) is 13.8 Å². The zero-order valence-corrected chi connectivity index (χ0v) is 12.0. The van der Waals surface area contributed by atoms with E-state index in [1.807, 2.05) is 0 Å². The number of ether oxygens (including phenoxy) is 2. The predicted octanol–water partition coefficient (Wildman–Crippen LogP) is 2.59. The van der Waals surface area contributed by atoms with Crippen LogP contribution in [0.4, 0.5) is 4.39 Å². The van der Waals surface area contributed by atoms with Crippen LogP contribution in [-0.4, -0.2) is 30.9 Å². The number of hydrogen-bond acceptors (Lipinski definition) is 5. The highest BCUT2D eigenvalue weighted by Gasteiger charge is 2.32. The number of Topliss-reactive ketones (excluding diaryl/α,β-unsaturated/α-hetero) is 1. The van der Waals surface area contributed by atoms with Gasteiger partial charge in [-0.15, -0.1) is 0 Å². The highest BCUT2D eigenvalue weighted by molar-refractivity contribution is 6.10. The van der Waals surface area contributed by atoms with E-state index in [0.717, 1.165) is 6.07 Å². The summed E-state index contributed by atoms with van der Waals surface area (Å²) in [6, 6.07) is 5.40. The van der Waals surface area contributed by atoms with Crippen LogP contribution in [-0.2, 0) is 14.3 Å². The van der Waals surface area contributed by atoms with Gasteiger partial charge in [-0.25, -0.2) is 4.39 Å². The summed E-state index contributed by atoms with van der Waals surface area (Å²) in [6.07, 6.45) is -0.250. The van der Waals surface area contributed by atoms with Crippen molar-refractivity contribution >= 4 is 17.7 Å². The van der Waals surface area contributed by atoms with Crippen molar-refractivity contribution in [2.24, 2.45) is 5.92 Å². The topological polar surface area (TPSA) is 76.4 Å². The second kappa shape index (κ2) is 8.14. The van der Waals surface area contributed by atoms with Gasteiger partial charge in [-0.05, 0) is 26.0 Å². The van der Waals surface area contributed by atoms with Crippen molar-refractivity contribution in [2.45, 2.75) is 20.3 Å². The van der Waals surface area contributed by atoms with Crippen LogP contribution in [0.3, 0.4) is 0 Å². The summed E-state index contributed by atoms with van der Waals surface area (Å²) in [5, 5.41) is 7.58.